The molecule has 0 unspecified atom stereocenters. The van der Waals surface area contributed by atoms with Gasteiger partial charge in [-0.1, -0.05) is 0 Å². The highest BCUT2D eigenvalue weighted by molar-refractivity contribution is 5.86. The fourth-order valence-corrected chi connectivity index (χ4v) is 1.69. The third kappa shape index (κ3) is 3.56. The molecule has 2 heterocycles. The Hall–Kier alpha value is -2.45. The number of alkyl halides is 3. The number of hydrogen-bond donors (Lipinski definition) is 0. The smallest absolute Gasteiger partial charge is 0.406 e. The number of rotatable bonds is 4. The van der Waals surface area contributed by atoms with Crippen molar-refractivity contribution in [3.05, 3.63) is 30.4 Å². The molecule has 0 aromatic carbocycles. The molecular formula is C12H11F3N4O2. The van der Waals surface area contributed by atoms with Crippen LogP contribution in [0.1, 0.15) is 17.5 Å². The van der Waals surface area contributed by atoms with E-state index in [-0.39, 0.29) is 12.4 Å². The summed E-state index contributed by atoms with van der Waals surface area (Å²) in [6, 6.07) is 2.96. The van der Waals surface area contributed by atoms with Crippen molar-refractivity contribution in [2.75, 3.05) is 6.61 Å². The molecule has 0 amide bonds. The maximum atomic E-state index is 12.7. The van der Waals surface area contributed by atoms with Crippen molar-refractivity contribution < 1.29 is 22.7 Å². The van der Waals surface area contributed by atoms with Gasteiger partial charge in [0, 0.05) is 18.0 Å². The normalized spacial score (nSPS) is 11.4. The van der Waals surface area contributed by atoms with Gasteiger partial charge in [0.25, 0.3) is 0 Å². The fraction of sp³-hybridized carbons (Fsp3) is 0.333. The molecule has 0 radical (unpaired) electrons. The van der Waals surface area contributed by atoms with Gasteiger partial charge in [0.2, 0.25) is 5.82 Å². The average molecular weight is 300 g/mol. The summed E-state index contributed by atoms with van der Waals surface area (Å²) in [5.41, 5.74) is 0.372. The summed E-state index contributed by atoms with van der Waals surface area (Å²) < 4.78 is 43.5. The number of carbonyl (C=O) groups excluding carboxylic acids is 1. The number of halogens is 3. The highest BCUT2D eigenvalue weighted by Gasteiger charge is 2.33. The average Bonchev–Trinajstić information content (AvgIpc) is 2.81. The minimum atomic E-state index is -4.52. The van der Waals surface area contributed by atoms with E-state index >= 15 is 0 Å². The molecule has 6 nitrogen and oxygen atoms in total. The molecule has 0 N–H and O–H groups in total. The summed E-state index contributed by atoms with van der Waals surface area (Å²) >= 11 is 0. The van der Waals surface area contributed by atoms with Crippen molar-refractivity contribution in [3.8, 4) is 11.4 Å². The van der Waals surface area contributed by atoms with Gasteiger partial charge in [0.1, 0.15) is 6.54 Å². The van der Waals surface area contributed by atoms with Crippen LogP contribution in [0, 0.1) is 0 Å². The third-order valence-electron chi connectivity index (χ3n) is 2.48. The first-order valence-electron chi connectivity index (χ1n) is 6.00. The summed E-state index contributed by atoms with van der Waals surface area (Å²) in [5.74, 6) is -1.51. The molecule has 0 aliphatic rings. The molecule has 2 aromatic heterocycles. The minimum Gasteiger partial charge on any atom is -0.460 e. The standard InChI is InChI=1S/C12H11F3N4O2/c1-2-21-11(20)10-18-17-9(8-3-5-16-6-4-8)19(10)7-12(13,14)15/h3-6H,2,7H2,1H3. The predicted octanol–water partition coefficient (Wildman–Crippen LogP) is 2.08. The molecule has 0 saturated carbocycles. The summed E-state index contributed by atoms with van der Waals surface area (Å²) in [6.07, 6.45) is -1.70. The SMILES string of the molecule is CCOC(=O)c1nnc(-c2ccncc2)n1CC(F)(F)F. The number of ether oxygens (including phenoxy) is 1. The molecule has 0 saturated heterocycles. The Kier molecular flexibility index (Phi) is 4.20. The van der Waals surface area contributed by atoms with Crippen molar-refractivity contribution >= 4 is 5.97 Å². The molecule has 112 valence electrons. The van der Waals surface area contributed by atoms with Gasteiger partial charge in [0.15, 0.2) is 5.82 Å². The number of aromatic nitrogens is 4. The van der Waals surface area contributed by atoms with Crippen LogP contribution in [0.5, 0.6) is 0 Å². The van der Waals surface area contributed by atoms with Crippen molar-refractivity contribution in [2.24, 2.45) is 0 Å². The maximum Gasteiger partial charge on any atom is 0.406 e. The zero-order chi connectivity index (χ0) is 15.5. The van der Waals surface area contributed by atoms with E-state index in [0.29, 0.717) is 10.1 Å². The Morgan fingerprint density at radius 1 is 1.29 bits per heavy atom. The van der Waals surface area contributed by atoms with Crippen LogP contribution < -0.4 is 0 Å². The van der Waals surface area contributed by atoms with E-state index in [1.807, 2.05) is 0 Å². The van der Waals surface area contributed by atoms with Gasteiger partial charge < -0.3 is 4.74 Å². The first-order valence-corrected chi connectivity index (χ1v) is 6.00. The number of esters is 1. The molecule has 2 aromatic rings. The minimum absolute atomic E-state index is 0.0301. The van der Waals surface area contributed by atoms with E-state index in [1.165, 1.54) is 24.5 Å². The highest BCUT2D eigenvalue weighted by atomic mass is 19.4. The lowest BCUT2D eigenvalue weighted by molar-refractivity contribution is -0.140. The van der Waals surface area contributed by atoms with Crippen molar-refractivity contribution in [3.63, 3.8) is 0 Å². The second-order valence-corrected chi connectivity index (χ2v) is 4.00. The lowest BCUT2D eigenvalue weighted by Crippen LogP contribution is -2.23. The topological polar surface area (TPSA) is 69.9 Å². The van der Waals surface area contributed by atoms with Gasteiger partial charge in [0.05, 0.1) is 6.61 Å². The van der Waals surface area contributed by atoms with E-state index in [4.69, 9.17) is 4.74 Å². The molecule has 0 aliphatic carbocycles. The highest BCUT2D eigenvalue weighted by Crippen LogP contribution is 2.24. The number of nitrogens with zero attached hydrogens (tertiary/aromatic N) is 4. The summed E-state index contributed by atoms with van der Waals surface area (Å²) in [4.78, 5) is 15.4. The Bertz CT molecular complexity index is 625. The molecule has 0 bridgehead atoms. The Morgan fingerprint density at radius 3 is 2.52 bits per heavy atom. The monoisotopic (exact) mass is 300 g/mol. The predicted molar refractivity (Wildman–Crippen MR) is 65.3 cm³/mol. The largest absolute Gasteiger partial charge is 0.460 e. The van der Waals surface area contributed by atoms with Crippen LogP contribution in [-0.2, 0) is 11.3 Å². The second kappa shape index (κ2) is 5.90. The first-order chi connectivity index (χ1) is 9.92. The van der Waals surface area contributed by atoms with Gasteiger partial charge in [-0.25, -0.2) is 4.79 Å². The van der Waals surface area contributed by atoms with Crippen LogP contribution in [0.15, 0.2) is 24.5 Å². The van der Waals surface area contributed by atoms with Crippen LogP contribution >= 0.6 is 0 Å². The quantitative estimate of drug-likeness (QED) is 0.809. The van der Waals surface area contributed by atoms with Gasteiger partial charge in [-0.3, -0.25) is 9.55 Å². The van der Waals surface area contributed by atoms with E-state index in [1.54, 1.807) is 6.92 Å². The number of pyridine rings is 1. The van der Waals surface area contributed by atoms with Crippen LogP contribution in [0.4, 0.5) is 13.2 Å². The van der Waals surface area contributed by atoms with Gasteiger partial charge in [-0.05, 0) is 19.1 Å². The van der Waals surface area contributed by atoms with Crippen molar-refractivity contribution in [1.82, 2.24) is 19.7 Å². The number of carbonyl (C=O) groups is 1. The van der Waals surface area contributed by atoms with Crippen molar-refractivity contribution in [1.29, 1.82) is 0 Å². The van der Waals surface area contributed by atoms with Crippen molar-refractivity contribution in [2.45, 2.75) is 19.6 Å². The number of hydrogen-bond acceptors (Lipinski definition) is 5. The molecule has 9 heteroatoms. The lowest BCUT2D eigenvalue weighted by atomic mass is 10.2. The van der Waals surface area contributed by atoms with E-state index < -0.39 is 24.5 Å². The second-order valence-electron chi connectivity index (χ2n) is 4.00. The Morgan fingerprint density at radius 2 is 1.95 bits per heavy atom. The Balaban J connectivity index is 2.49. The van der Waals surface area contributed by atoms with E-state index in [2.05, 4.69) is 15.2 Å². The summed E-state index contributed by atoms with van der Waals surface area (Å²) in [6.45, 7) is 0.195. The van der Waals surface area contributed by atoms with Gasteiger partial charge in [-0.15, -0.1) is 10.2 Å². The molecular weight excluding hydrogens is 289 g/mol. The van der Waals surface area contributed by atoms with Gasteiger partial charge in [-0.2, -0.15) is 13.2 Å². The van der Waals surface area contributed by atoms with Crippen LogP contribution in [-0.4, -0.2) is 38.5 Å². The zero-order valence-corrected chi connectivity index (χ0v) is 11.0. The first kappa shape index (κ1) is 14.9. The molecule has 0 fully saturated rings. The summed E-state index contributed by atoms with van der Waals surface area (Å²) in [7, 11) is 0. The van der Waals surface area contributed by atoms with E-state index in [9.17, 15) is 18.0 Å². The maximum absolute atomic E-state index is 12.7. The Labute approximate surface area is 117 Å². The van der Waals surface area contributed by atoms with Crippen LogP contribution in [0.2, 0.25) is 0 Å². The van der Waals surface area contributed by atoms with Crippen LogP contribution in [0.3, 0.4) is 0 Å². The fourth-order valence-electron chi connectivity index (χ4n) is 1.69. The lowest BCUT2D eigenvalue weighted by Gasteiger charge is -2.12. The third-order valence-corrected chi connectivity index (χ3v) is 2.48. The van der Waals surface area contributed by atoms with Gasteiger partial charge >= 0.3 is 12.1 Å². The molecule has 2 rings (SSSR count). The molecule has 0 atom stereocenters. The van der Waals surface area contributed by atoms with E-state index in [0.717, 1.165) is 0 Å². The molecule has 0 aliphatic heterocycles. The zero-order valence-electron chi connectivity index (χ0n) is 11.0. The summed E-state index contributed by atoms with van der Waals surface area (Å²) in [5, 5.41) is 7.17. The van der Waals surface area contributed by atoms with Crippen LogP contribution in [0.25, 0.3) is 11.4 Å². The molecule has 0 spiro atoms. The molecule has 21 heavy (non-hydrogen) atoms.